The van der Waals surface area contributed by atoms with Crippen molar-refractivity contribution >= 4 is 36.8 Å². The van der Waals surface area contributed by atoms with Crippen LogP contribution in [0.15, 0.2) is 87.0 Å². The second-order valence-corrected chi connectivity index (χ2v) is 29.3. The SMILES string of the molecule is CCN(CC)c1cccc2c(-c3ccc(S(=O)(=O)NCc4cc(OCCOCCOCCOCCOC56CC7CC(CC(C7)C5)C6)cc(OCCOCCOCCOCCOC56CC7CC(CC(C7)C5)C6)c4)cc3S(=O)(=O)[O-])c3ccc(=[N+](CC)CC)cc-3oc12. The minimum absolute atomic E-state index is 0.0487. The summed E-state index contributed by atoms with van der Waals surface area (Å²) in [5, 5.41) is 1.47. The third kappa shape index (κ3) is 17.2. The molecule has 8 bridgehead atoms. The number of ether oxygens (including phenoxy) is 10. The molecule has 21 heteroatoms. The molecule has 0 amide bonds. The zero-order chi connectivity index (χ0) is 63.4. The van der Waals surface area contributed by atoms with E-state index in [-0.39, 0.29) is 49.7 Å². The van der Waals surface area contributed by atoms with Gasteiger partial charge in [-0.1, -0.05) is 18.2 Å². The lowest BCUT2D eigenvalue weighted by molar-refractivity contribution is -0.169. The molecule has 91 heavy (non-hydrogen) atoms. The minimum atomic E-state index is -5.28. The number of para-hydroxylation sites is 1. The number of rotatable bonds is 39. The van der Waals surface area contributed by atoms with Gasteiger partial charge in [-0.25, -0.2) is 26.1 Å². The van der Waals surface area contributed by atoms with Crippen molar-refractivity contribution in [2.45, 2.75) is 132 Å². The maximum Gasteiger partial charge on any atom is 0.240 e. The number of hydrogen-bond acceptors (Lipinski definition) is 17. The predicted octanol–water partition coefficient (Wildman–Crippen LogP) is 10.1. The predicted molar refractivity (Wildman–Crippen MR) is 346 cm³/mol. The highest BCUT2D eigenvalue weighted by Crippen LogP contribution is 2.58. The van der Waals surface area contributed by atoms with Crippen LogP contribution in [-0.4, -0.2) is 164 Å². The highest BCUT2D eigenvalue weighted by Gasteiger charge is 2.53. The zero-order valence-corrected chi connectivity index (χ0v) is 55.6. The average Bonchev–Trinajstić information content (AvgIpc) is 0.774. The molecule has 13 rings (SSSR count). The molecule has 0 unspecified atom stereocenters. The van der Waals surface area contributed by atoms with E-state index in [1.165, 1.54) is 89.2 Å². The Kier molecular flexibility index (Phi) is 23.2. The number of fused-ring (bicyclic) bond motifs is 2. The molecule has 0 saturated heterocycles. The molecule has 500 valence electrons. The molecule has 0 spiro atoms. The van der Waals surface area contributed by atoms with E-state index in [1.54, 1.807) is 18.2 Å². The number of benzene rings is 4. The Bertz CT molecular complexity index is 3310. The first-order valence-electron chi connectivity index (χ1n) is 33.7. The van der Waals surface area contributed by atoms with Crippen LogP contribution in [0.5, 0.6) is 11.5 Å². The number of nitrogens with one attached hydrogen (secondary N) is 1. The zero-order valence-electron chi connectivity index (χ0n) is 54.0. The van der Waals surface area contributed by atoms with Crippen LogP contribution in [0.3, 0.4) is 0 Å². The van der Waals surface area contributed by atoms with Crippen LogP contribution < -0.4 is 29.0 Å². The molecule has 3 aromatic rings. The van der Waals surface area contributed by atoms with E-state index in [1.807, 2.05) is 50.2 Å². The van der Waals surface area contributed by atoms with Gasteiger partial charge in [-0.3, -0.25) is 0 Å². The monoisotopic (exact) mass is 1300 g/mol. The van der Waals surface area contributed by atoms with E-state index in [0.29, 0.717) is 137 Å². The molecule has 8 saturated carbocycles. The summed E-state index contributed by atoms with van der Waals surface area (Å²) in [4.78, 5) is 1.04. The number of anilines is 1. The third-order valence-electron chi connectivity index (χ3n) is 19.9. The summed E-state index contributed by atoms with van der Waals surface area (Å²) >= 11 is 0. The Labute approximate surface area is 538 Å². The van der Waals surface area contributed by atoms with E-state index in [9.17, 15) is 21.4 Å². The summed E-state index contributed by atoms with van der Waals surface area (Å²) in [7, 11) is -9.73. The lowest BCUT2D eigenvalue weighted by atomic mass is 9.54. The van der Waals surface area contributed by atoms with Crippen LogP contribution in [0.2, 0.25) is 0 Å². The van der Waals surface area contributed by atoms with Crippen LogP contribution in [0, 0.1) is 35.5 Å². The van der Waals surface area contributed by atoms with Crippen LogP contribution in [0.4, 0.5) is 5.69 Å². The fraction of sp³-hybridized carbons (Fsp3) is 0.643. The molecule has 10 aliphatic rings. The summed E-state index contributed by atoms with van der Waals surface area (Å²) < 4.78 is 140. The largest absolute Gasteiger partial charge is 0.744 e. The number of hydrogen-bond donors (Lipinski definition) is 1. The Hall–Kier alpha value is -4.75. The standard InChI is InChI=1S/C70H97N3O16S2/c1-5-72(6-2)57-12-14-61-65(40-57)89-68-63(10-9-11-64(68)73(7-3)8-4)67(61)62-15-13-60(42-66(62)91(76,77)78)90(74,75)71-49-56-38-58(85-28-24-81-20-16-79-18-22-83-26-30-87-69-43-50-32-51(44-69)34-52(33-50)45-69)41-59(39-56)86-29-25-82-21-17-80-19-23-84-27-31-88-70-46-53-35-54(47-70)37-55(36-53)48-70/h9-15,38-42,50-55,71H,5-8,16-37,43-49H2,1-4H3. The molecule has 1 N–H and O–H groups in total. The van der Waals surface area contributed by atoms with Gasteiger partial charge in [0.15, 0.2) is 5.58 Å². The van der Waals surface area contributed by atoms with Gasteiger partial charge in [0, 0.05) is 53.8 Å². The third-order valence-corrected chi connectivity index (χ3v) is 22.1. The quantitative estimate of drug-likeness (QED) is 0.0168. The van der Waals surface area contributed by atoms with Crippen LogP contribution in [0.25, 0.3) is 33.4 Å². The van der Waals surface area contributed by atoms with Crippen LogP contribution in [-0.2, 0) is 64.6 Å². The van der Waals surface area contributed by atoms with Crippen molar-refractivity contribution in [3.63, 3.8) is 0 Å². The second kappa shape index (κ2) is 31.2. The van der Waals surface area contributed by atoms with E-state index in [0.717, 1.165) is 65.7 Å². The Balaban J connectivity index is 0.688. The normalized spacial score (nSPS) is 24.1. The molecule has 0 aromatic heterocycles. The van der Waals surface area contributed by atoms with E-state index in [4.69, 9.17) is 51.8 Å². The van der Waals surface area contributed by atoms with Crippen molar-refractivity contribution in [3.8, 4) is 33.9 Å². The van der Waals surface area contributed by atoms with Crippen molar-refractivity contribution < 1.29 is 73.2 Å². The van der Waals surface area contributed by atoms with Gasteiger partial charge in [0.1, 0.15) is 53.7 Å². The molecular formula is C70H97N3O16S2. The lowest BCUT2D eigenvalue weighted by Crippen LogP contribution is -2.52. The maximum atomic E-state index is 14.3. The van der Waals surface area contributed by atoms with Crippen molar-refractivity contribution in [2.24, 2.45) is 35.5 Å². The van der Waals surface area contributed by atoms with Gasteiger partial charge < -0.3 is 61.2 Å². The number of nitrogens with zero attached hydrogens (tertiary/aromatic N) is 2. The smallest absolute Gasteiger partial charge is 0.240 e. The summed E-state index contributed by atoms with van der Waals surface area (Å²) in [6.45, 7) is 17.3. The highest BCUT2D eigenvalue weighted by molar-refractivity contribution is 7.89. The van der Waals surface area contributed by atoms with Gasteiger partial charge in [0.25, 0.3) is 0 Å². The first-order valence-corrected chi connectivity index (χ1v) is 36.6. The van der Waals surface area contributed by atoms with Crippen molar-refractivity contribution in [1.29, 1.82) is 0 Å². The Morgan fingerprint density at radius 3 is 1.44 bits per heavy atom. The molecule has 1 aliphatic heterocycles. The molecule has 8 fully saturated rings. The Morgan fingerprint density at radius 1 is 0.538 bits per heavy atom. The van der Waals surface area contributed by atoms with E-state index >= 15 is 0 Å². The molecule has 1 heterocycles. The summed E-state index contributed by atoms with van der Waals surface area (Å²) in [5.74, 6) is 6.37. The van der Waals surface area contributed by atoms with Crippen LogP contribution >= 0.6 is 0 Å². The highest BCUT2D eigenvalue weighted by atomic mass is 32.2. The first-order chi connectivity index (χ1) is 44.1. The van der Waals surface area contributed by atoms with Crippen LogP contribution in [0.1, 0.15) is 110 Å². The summed E-state index contributed by atoms with van der Waals surface area (Å²) in [6.07, 6.45) is 15.6. The topological polar surface area (TPSA) is 215 Å². The second-order valence-electron chi connectivity index (χ2n) is 26.2. The molecule has 19 nitrogen and oxygen atoms in total. The van der Waals surface area contributed by atoms with Crippen molar-refractivity contribution in [1.82, 2.24) is 9.30 Å². The summed E-state index contributed by atoms with van der Waals surface area (Å²) in [5.41, 5.74) is 2.97. The van der Waals surface area contributed by atoms with E-state index in [2.05, 4.69) is 28.0 Å². The molecular weight excluding hydrogens is 1200 g/mol. The average molecular weight is 1300 g/mol. The van der Waals surface area contributed by atoms with Gasteiger partial charge in [-0.2, -0.15) is 0 Å². The molecule has 9 aliphatic carbocycles. The lowest BCUT2D eigenvalue weighted by Gasteiger charge is -2.56. The van der Waals surface area contributed by atoms with Gasteiger partial charge in [0.05, 0.1) is 125 Å². The van der Waals surface area contributed by atoms with Gasteiger partial charge in [-0.05, 0) is 182 Å². The Morgan fingerprint density at radius 2 is 0.989 bits per heavy atom. The number of sulfonamides is 1. The minimum Gasteiger partial charge on any atom is -0.744 e. The molecule has 3 aromatic carbocycles. The molecule has 0 atom stereocenters. The van der Waals surface area contributed by atoms with Gasteiger partial charge in [-0.15, -0.1) is 0 Å². The van der Waals surface area contributed by atoms with E-state index < -0.39 is 29.9 Å². The van der Waals surface area contributed by atoms with Gasteiger partial charge in [0.2, 0.25) is 15.4 Å². The van der Waals surface area contributed by atoms with Gasteiger partial charge >= 0.3 is 0 Å². The summed E-state index contributed by atoms with van der Waals surface area (Å²) in [6, 6.07) is 20.1. The fourth-order valence-corrected chi connectivity index (χ4v) is 18.4. The first kappa shape index (κ1) is 67.7. The fourth-order valence-electron chi connectivity index (χ4n) is 16.6. The molecule has 0 radical (unpaired) electrons. The van der Waals surface area contributed by atoms with Crippen molar-refractivity contribution in [2.75, 3.05) is 137 Å². The maximum absolute atomic E-state index is 14.3. The van der Waals surface area contributed by atoms with Crippen molar-refractivity contribution in [3.05, 3.63) is 83.7 Å².